The number of carboxylic acid groups (broad SMARTS) is 1. The van der Waals surface area contributed by atoms with Crippen LogP contribution in [-0.2, 0) is 14.4 Å². The van der Waals surface area contributed by atoms with Gasteiger partial charge < -0.3 is 21.1 Å². The number of aliphatic carboxylic acids is 1. The second kappa shape index (κ2) is 10.9. The lowest BCUT2D eigenvalue weighted by Crippen LogP contribution is -2.57. The lowest BCUT2D eigenvalue weighted by molar-refractivity contribution is -0.142. The highest BCUT2D eigenvalue weighted by Gasteiger charge is 2.33. The number of nitrogens with zero attached hydrogens (tertiary/aromatic N) is 1. The lowest BCUT2D eigenvalue weighted by Gasteiger charge is -2.32. The molecule has 0 spiro atoms. The second-order valence-electron chi connectivity index (χ2n) is 7.15. The number of hydrogen-bond donors (Lipinski definition) is 4. The molecule has 164 valence electrons. The number of urea groups is 1. The van der Waals surface area contributed by atoms with Crippen molar-refractivity contribution in [2.75, 3.05) is 28.8 Å². The van der Waals surface area contributed by atoms with Gasteiger partial charge in [-0.05, 0) is 36.5 Å². The second-order valence-corrected chi connectivity index (χ2v) is 8.13. The maximum absolute atomic E-state index is 13.0. The van der Waals surface area contributed by atoms with Crippen LogP contribution in [0.25, 0.3) is 0 Å². The van der Waals surface area contributed by atoms with Crippen LogP contribution in [0.2, 0.25) is 0 Å². The molecule has 0 fully saturated rings. The average molecular weight is 437 g/mol. The number of thioether (sulfide) groups is 1. The fourth-order valence-corrected chi connectivity index (χ4v) is 3.55. The molecule has 1 aliphatic heterocycles. The molecule has 4 N–H and O–H groups in total. The van der Waals surface area contributed by atoms with E-state index in [0.717, 1.165) is 0 Å². The van der Waals surface area contributed by atoms with Gasteiger partial charge >= 0.3 is 12.0 Å². The number of anilines is 2. The Morgan fingerprint density at radius 1 is 1.27 bits per heavy atom. The molecule has 1 heterocycles. The number of para-hydroxylation sites is 2. The molecular formula is C20H28N4O5S. The molecule has 1 aromatic carbocycles. The molecule has 30 heavy (non-hydrogen) atoms. The van der Waals surface area contributed by atoms with Crippen LogP contribution in [-0.4, -0.2) is 59.6 Å². The van der Waals surface area contributed by atoms with E-state index in [1.54, 1.807) is 31.2 Å². The van der Waals surface area contributed by atoms with Crippen LogP contribution in [0.1, 0.15) is 26.7 Å². The quantitative estimate of drug-likeness (QED) is 0.468. The van der Waals surface area contributed by atoms with Gasteiger partial charge in [-0.1, -0.05) is 32.4 Å². The summed E-state index contributed by atoms with van der Waals surface area (Å²) in [5, 5.41) is 17.3. The van der Waals surface area contributed by atoms with Gasteiger partial charge in [0.15, 0.2) is 0 Å². The Balaban J connectivity index is 2.18. The molecule has 0 saturated carbocycles. The zero-order valence-corrected chi connectivity index (χ0v) is 18.1. The number of rotatable bonds is 9. The Morgan fingerprint density at radius 2 is 1.97 bits per heavy atom. The van der Waals surface area contributed by atoms with Crippen molar-refractivity contribution in [3.8, 4) is 0 Å². The third-order valence-electron chi connectivity index (χ3n) is 5.02. The summed E-state index contributed by atoms with van der Waals surface area (Å²) in [5.41, 5.74) is 1.04. The van der Waals surface area contributed by atoms with E-state index < -0.39 is 30.0 Å². The molecule has 0 radical (unpaired) electrons. The zero-order chi connectivity index (χ0) is 22.3. The molecule has 3 atom stereocenters. The largest absolute Gasteiger partial charge is 0.480 e. The first-order chi connectivity index (χ1) is 14.3. The van der Waals surface area contributed by atoms with Gasteiger partial charge in [0.05, 0.1) is 11.4 Å². The van der Waals surface area contributed by atoms with Crippen LogP contribution in [0.15, 0.2) is 24.3 Å². The van der Waals surface area contributed by atoms with Gasteiger partial charge in [-0.25, -0.2) is 9.59 Å². The van der Waals surface area contributed by atoms with E-state index in [-0.39, 0.29) is 24.8 Å². The summed E-state index contributed by atoms with van der Waals surface area (Å²) < 4.78 is 0. The minimum absolute atomic E-state index is 0.177. The van der Waals surface area contributed by atoms with Gasteiger partial charge in [-0.3, -0.25) is 14.5 Å². The minimum atomic E-state index is -1.12. The van der Waals surface area contributed by atoms with Crippen molar-refractivity contribution in [2.45, 2.75) is 38.8 Å². The molecule has 4 amide bonds. The number of amides is 4. The van der Waals surface area contributed by atoms with Crippen molar-refractivity contribution in [3.05, 3.63) is 24.3 Å². The van der Waals surface area contributed by atoms with Gasteiger partial charge in [0, 0.05) is 0 Å². The maximum Gasteiger partial charge on any atom is 0.326 e. The van der Waals surface area contributed by atoms with Crippen LogP contribution >= 0.6 is 11.8 Å². The first-order valence-corrected chi connectivity index (χ1v) is 11.2. The third-order valence-corrected chi connectivity index (χ3v) is 5.66. The van der Waals surface area contributed by atoms with Crippen molar-refractivity contribution in [1.82, 2.24) is 10.6 Å². The standard InChI is InChI=1S/C20H28N4O5S/c1-4-12(2)17(18(26)22-14(19(27)28)9-10-30-3)23-20(29)24-11-16(25)21-13-7-5-6-8-15(13)24/h5-8,12,14,17H,4,9-11H2,1-3H3,(H,21,25)(H,22,26)(H,23,29)(H,27,28). The average Bonchev–Trinajstić information content (AvgIpc) is 2.73. The fourth-order valence-electron chi connectivity index (χ4n) is 3.08. The van der Waals surface area contributed by atoms with E-state index in [1.807, 2.05) is 13.2 Å². The van der Waals surface area contributed by atoms with Gasteiger partial charge in [0.25, 0.3) is 0 Å². The summed E-state index contributed by atoms with van der Waals surface area (Å²) in [7, 11) is 0. The third kappa shape index (κ3) is 5.88. The molecular weight excluding hydrogens is 408 g/mol. The Kier molecular flexibility index (Phi) is 8.52. The summed E-state index contributed by atoms with van der Waals surface area (Å²) >= 11 is 1.49. The van der Waals surface area contributed by atoms with E-state index in [9.17, 15) is 24.3 Å². The fraction of sp³-hybridized carbons (Fsp3) is 0.500. The van der Waals surface area contributed by atoms with Gasteiger partial charge in [0.1, 0.15) is 18.6 Å². The highest BCUT2D eigenvalue weighted by molar-refractivity contribution is 7.98. The van der Waals surface area contributed by atoms with E-state index >= 15 is 0 Å². The Bertz CT molecular complexity index is 803. The molecule has 1 aromatic rings. The van der Waals surface area contributed by atoms with Crippen LogP contribution in [0.5, 0.6) is 0 Å². The number of nitrogens with one attached hydrogen (secondary N) is 3. The normalized spacial score (nSPS) is 16.0. The molecule has 2 rings (SSSR count). The van der Waals surface area contributed by atoms with Gasteiger partial charge in [-0.2, -0.15) is 11.8 Å². The van der Waals surface area contributed by atoms with Crippen molar-refractivity contribution >= 4 is 47.0 Å². The van der Waals surface area contributed by atoms with Crippen LogP contribution in [0.3, 0.4) is 0 Å². The molecule has 0 saturated heterocycles. The zero-order valence-electron chi connectivity index (χ0n) is 17.3. The van der Waals surface area contributed by atoms with E-state index in [2.05, 4.69) is 16.0 Å². The van der Waals surface area contributed by atoms with Crippen molar-refractivity contribution < 1.29 is 24.3 Å². The molecule has 0 aromatic heterocycles. The summed E-state index contributed by atoms with van der Waals surface area (Å²) in [4.78, 5) is 50.6. The smallest absolute Gasteiger partial charge is 0.326 e. The number of hydrogen-bond acceptors (Lipinski definition) is 5. The van der Waals surface area contributed by atoms with E-state index in [4.69, 9.17) is 0 Å². The number of fused-ring (bicyclic) bond motifs is 1. The monoisotopic (exact) mass is 436 g/mol. The van der Waals surface area contributed by atoms with Crippen molar-refractivity contribution in [2.24, 2.45) is 5.92 Å². The summed E-state index contributed by atoms with van der Waals surface area (Å²) in [6.45, 7) is 3.51. The number of carbonyl (C=O) groups excluding carboxylic acids is 3. The van der Waals surface area contributed by atoms with E-state index in [1.165, 1.54) is 16.7 Å². The molecule has 9 nitrogen and oxygen atoms in total. The molecule has 0 bridgehead atoms. The number of benzene rings is 1. The summed E-state index contributed by atoms with van der Waals surface area (Å²) in [6, 6.07) is 4.33. The van der Waals surface area contributed by atoms with E-state index in [0.29, 0.717) is 23.5 Å². The lowest BCUT2D eigenvalue weighted by atomic mass is 9.98. The Morgan fingerprint density at radius 3 is 2.60 bits per heavy atom. The maximum atomic E-state index is 13.0. The predicted octanol–water partition coefficient (Wildman–Crippen LogP) is 1.89. The molecule has 1 aliphatic rings. The Hall–Kier alpha value is -2.75. The van der Waals surface area contributed by atoms with Gasteiger partial charge in [-0.15, -0.1) is 0 Å². The minimum Gasteiger partial charge on any atom is -0.480 e. The van der Waals surface area contributed by atoms with Crippen LogP contribution < -0.4 is 20.9 Å². The summed E-state index contributed by atoms with van der Waals surface area (Å²) in [5.74, 6) is -1.67. The predicted molar refractivity (Wildman–Crippen MR) is 117 cm³/mol. The number of carbonyl (C=O) groups is 4. The van der Waals surface area contributed by atoms with Crippen molar-refractivity contribution in [3.63, 3.8) is 0 Å². The highest BCUT2D eigenvalue weighted by atomic mass is 32.2. The topological polar surface area (TPSA) is 128 Å². The van der Waals surface area contributed by atoms with Crippen LogP contribution in [0.4, 0.5) is 16.2 Å². The first-order valence-electron chi connectivity index (χ1n) is 9.77. The van der Waals surface area contributed by atoms with Gasteiger partial charge in [0.2, 0.25) is 11.8 Å². The molecule has 3 unspecified atom stereocenters. The Labute approximate surface area is 180 Å². The number of carboxylic acids is 1. The highest BCUT2D eigenvalue weighted by Crippen LogP contribution is 2.29. The van der Waals surface area contributed by atoms with Crippen LogP contribution in [0, 0.1) is 5.92 Å². The van der Waals surface area contributed by atoms with Crippen molar-refractivity contribution in [1.29, 1.82) is 0 Å². The molecule has 10 heteroatoms. The summed E-state index contributed by atoms with van der Waals surface area (Å²) in [6.07, 6.45) is 2.73. The SMILES string of the molecule is CCC(C)C(NC(=O)N1CC(=O)Nc2ccccc21)C(=O)NC(CCSC)C(=O)O. The first kappa shape index (κ1) is 23.5. The molecule has 0 aliphatic carbocycles.